The average molecular weight is 363 g/mol. The standard InChI is InChI=1S/C22H25N3O2/c1-3-25-19-13-17(27-4-2)11-12-18(19)20(23)21(25)14-7-9-16(10-8-14)24-22(26)15-5-6-15/h7-13,15H,3-6,23H2,1-2H3,(H,24,26). The van der Waals surface area contributed by atoms with Crippen molar-refractivity contribution in [3.8, 4) is 17.0 Å². The summed E-state index contributed by atoms with van der Waals surface area (Å²) in [5, 5.41) is 4.01. The van der Waals surface area contributed by atoms with Gasteiger partial charge in [-0.1, -0.05) is 12.1 Å². The van der Waals surface area contributed by atoms with Gasteiger partial charge in [-0.15, -0.1) is 0 Å². The minimum absolute atomic E-state index is 0.119. The first-order valence-electron chi connectivity index (χ1n) is 9.58. The zero-order valence-corrected chi connectivity index (χ0v) is 15.8. The number of hydrogen-bond donors (Lipinski definition) is 2. The quantitative estimate of drug-likeness (QED) is 0.669. The van der Waals surface area contributed by atoms with E-state index < -0.39 is 0 Å². The molecule has 3 N–H and O–H groups in total. The highest BCUT2D eigenvalue weighted by Crippen LogP contribution is 2.38. The molecule has 0 aliphatic heterocycles. The molecule has 1 heterocycles. The molecule has 140 valence electrons. The van der Waals surface area contributed by atoms with E-state index in [9.17, 15) is 4.79 Å². The van der Waals surface area contributed by atoms with E-state index in [0.29, 0.717) is 6.61 Å². The average Bonchev–Trinajstić information content (AvgIpc) is 3.48. The Bertz CT molecular complexity index is 985. The Kier molecular flexibility index (Phi) is 4.52. The molecule has 1 amide bonds. The van der Waals surface area contributed by atoms with E-state index in [0.717, 1.165) is 58.7 Å². The fraction of sp³-hybridized carbons (Fsp3) is 0.318. The van der Waals surface area contributed by atoms with Crippen molar-refractivity contribution < 1.29 is 9.53 Å². The SMILES string of the molecule is CCOc1ccc2c(N)c(-c3ccc(NC(=O)C4CC4)cc3)n(CC)c2c1. The fourth-order valence-electron chi connectivity index (χ4n) is 3.55. The second-order valence-corrected chi connectivity index (χ2v) is 6.96. The molecule has 1 fully saturated rings. The molecule has 4 rings (SSSR count). The number of fused-ring (bicyclic) bond motifs is 1. The number of nitrogens with zero attached hydrogens (tertiary/aromatic N) is 1. The molecule has 27 heavy (non-hydrogen) atoms. The number of carbonyl (C=O) groups excluding carboxylic acids is 1. The maximum Gasteiger partial charge on any atom is 0.227 e. The van der Waals surface area contributed by atoms with Crippen LogP contribution in [0.15, 0.2) is 42.5 Å². The second kappa shape index (κ2) is 6.99. The largest absolute Gasteiger partial charge is 0.494 e. The van der Waals surface area contributed by atoms with Crippen LogP contribution in [-0.4, -0.2) is 17.1 Å². The molecule has 0 spiro atoms. The van der Waals surface area contributed by atoms with Crippen molar-refractivity contribution in [3.63, 3.8) is 0 Å². The zero-order chi connectivity index (χ0) is 19.0. The predicted octanol–water partition coefficient (Wildman–Crippen LogP) is 4.66. The van der Waals surface area contributed by atoms with Crippen LogP contribution in [0.25, 0.3) is 22.2 Å². The summed E-state index contributed by atoms with van der Waals surface area (Å²) in [4.78, 5) is 11.9. The Labute approximate surface area is 159 Å². The lowest BCUT2D eigenvalue weighted by atomic mass is 10.1. The van der Waals surface area contributed by atoms with Gasteiger partial charge in [0.05, 0.1) is 23.5 Å². The molecule has 2 aromatic carbocycles. The van der Waals surface area contributed by atoms with Gasteiger partial charge in [-0.2, -0.15) is 0 Å². The number of rotatable bonds is 6. The number of amides is 1. The van der Waals surface area contributed by atoms with Crippen LogP contribution in [0.1, 0.15) is 26.7 Å². The molecule has 0 saturated heterocycles. The van der Waals surface area contributed by atoms with E-state index in [1.54, 1.807) is 0 Å². The van der Waals surface area contributed by atoms with Gasteiger partial charge < -0.3 is 20.4 Å². The zero-order valence-electron chi connectivity index (χ0n) is 15.8. The first kappa shape index (κ1) is 17.5. The number of aryl methyl sites for hydroxylation is 1. The van der Waals surface area contributed by atoms with Gasteiger partial charge in [0, 0.05) is 35.2 Å². The Morgan fingerprint density at radius 2 is 1.93 bits per heavy atom. The first-order chi connectivity index (χ1) is 13.1. The number of carbonyl (C=O) groups is 1. The fourth-order valence-corrected chi connectivity index (χ4v) is 3.55. The van der Waals surface area contributed by atoms with Crippen LogP contribution < -0.4 is 15.8 Å². The van der Waals surface area contributed by atoms with Crippen molar-refractivity contribution in [2.24, 2.45) is 5.92 Å². The van der Waals surface area contributed by atoms with E-state index in [4.69, 9.17) is 10.5 Å². The normalized spacial score (nSPS) is 13.7. The third kappa shape index (κ3) is 3.25. The third-order valence-electron chi connectivity index (χ3n) is 5.08. The van der Waals surface area contributed by atoms with Gasteiger partial charge in [0.2, 0.25) is 5.91 Å². The van der Waals surface area contributed by atoms with E-state index in [2.05, 4.69) is 16.8 Å². The number of hydrogen-bond acceptors (Lipinski definition) is 3. The third-order valence-corrected chi connectivity index (χ3v) is 5.08. The molecule has 0 unspecified atom stereocenters. The van der Waals surface area contributed by atoms with E-state index >= 15 is 0 Å². The number of anilines is 2. The van der Waals surface area contributed by atoms with Crippen molar-refractivity contribution in [1.82, 2.24) is 4.57 Å². The summed E-state index contributed by atoms with van der Waals surface area (Å²) in [6.07, 6.45) is 2.00. The van der Waals surface area contributed by atoms with Crippen LogP contribution in [0.5, 0.6) is 5.75 Å². The van der Waals surface area contributed by atoms with Crippen LogP contribution in [0, 0.1) is 5.92 Å². The molecule has 5 nitrogen and oxygen atoms in total. The highest BCUT2D eigenvalue weighted by molar-refractivity contribution is 6.01. The Balaban J connectivity index is 1.71. The lowest BCUT2D eigenvalue weighted by molar-refractivity contribution is -0.117. The maximum atomic E-state index is 11.9. The lowest BCUT2D eigenvalue weighted by Gasteiger charge is -2.11. The Morgan fingerprint density at radius 1 is 1.19 bits per heavy atom. The van der Waals surface area contributed by atoms with Gasteiger partial charge in [-0.3, -0.25) is 4.79 Å². The van der Waals surface area contributed by atoms with Gasteiger partial charge >= 0.3 is 0 Å². The molecule has 1 aliphatic carbocycles. The molecule has 1 aromatic heterocycles. The number of aromatic nitrogens is 1. The summed E-state index contributed by atoms with van der Waals surface area (Å²) in [5.41, 5.74) is 11.2. The second-order valence-electron chi connectivity index (χ2n) is 6.96. The molecular weight excluding hydrogens is 338 g/mol. The topological polar surface area (TPSA) is 69.3 Å². The van der Waals surface area contributed by atoms with E-state index in [1.165, 1.54) is 0 Å². The van der Waals surface area contributed by atoms with E-state index in [-0.39, 0.29) is 11.8 Å². The monoisotopic (exact) mass is 363 g/mol. The molecule has 3 aromatic rings. The van der Waals surface area contributed by atoms with Gasteiger partial charge in [0.25, 0.3) is 0 Å². The minimum Gasteiger partial charge on any atom is -0.494 e. The first-order valence-corrected chi connectivity index (χ1v) is 9.58. The van der Waals surface area contributed by atoms with Crippen LogP contribution in [0.2, 0.25) is 0 Å². The summed E-state index contributed by atoms with van der Waals surface area (Å²) < 4.78 is 7.86. The summed E-state index contributed by atoms with van der Waals surface area (Å²) in [5.74, 6) is 1.16. The summed E-state index contributed by atoms with van der Waals surface area (Å²) in [6.45, 7) is 5.53. The maximum absolute atomic E-state index is 11.9. The lowest BCUT2D eigenvalue weighted by Crippen LogP contribution is -2.13. The number of benzene rings is 2. The smallest absolute Gasteiger partial charge is 0.227 e. The molecule has 5 heteroatoms. The number of nitrogen functional groups attached to an aromatic ring is 1. The van der Waals surface area contributed by atoms with Crippen molar-refractivity contribution >= 4 is 28.2 Å². The number of nitrogens with two attached hydrogens (primary N) is 1. The van der Waals surface area contributed by atoms with Crippen LogP contribution >= 0.6 is 0 Å². The van der Waals surface area contributed by atoms with Gasteiger partial charge in [-0.25, -0.2) is 0 Å². The number of nitrogens with one attached hydrogen (secondary N) is 1. The van der Waals surface area contributed by atoms with Crippen molar-refractivity contribution in [3.05, 3.63) is 42.5 Å². The molecule has 0 radical (unpaired) electrons. The van der Waals surface area contributed by atoms with Gasteiger partial charge in [0.15, 0.2) is 0 Å². The van der Waals surface area contributed by atoms with E-state index in [1.807, 2.05) is 49.4 Å². The highest BCUT2D eigenvalue weighted by Gasteiger charge is 2.29. The van der Waals surface area contributed by atoms with Crippen LogP contribution in [-0.2, 0) is 11.3 Å². The molecule has 1 saturated carbocycles. The van der Waals surface area contributed by atoms with Crippen molar-refractivity contribution in [2.45, 2.75) is 33.2 Å². The highest BCUT2D eigenvalue weighted by atomic mass is 16.5. The summed E-state index contributed by atoms with van der Waals surface area (Å²) in [7, 11) is 0. The molecule has 0 atom stereocenters. The van der Waals surface area contributed by atoms with Crippen molar-refractivity contribution in [2.75, 3.05) is 17.7 Å². The van der Waals surface area contributed by atoms with Gasteiger partial charge in [0.1, 0.15) is 5.75 Å². The summed E-state index contributed by atoms with van der Waals surface area (Å²) >= 11 is 0. The Morgan fingerprint density at radius 3 is 2.56 bits per heavy atom. The minimum atomic E-state index is 0.119. The van der Waals surface area contributed by atoms with Crippen LogP contribution in [0.4, 0.5) is 11.4 Å². The predicted molar refractivity (Wildman–Crippen MR) is 110 cm³/mol. The molecule has 1 aliphatic rings. The van der Waals surface area contributed by atoms with Gasteiger partial charge in [-0.05, 0) is 51.0 Å². The van der Waals surface area contributed by atoms with Crippen molar-refractivity contribution in [1.29, 1.82) is 0 Å². The summed E-state index contributed by atoms with van der Waals surface area (Å²) in [6, 6.07) is 14.0. The number of ether oxygens (including phenoxy) is 1. The Hall–Kier alpha value is -2.95. The molecule has 0 bridgehead atoms. The molecular formula is C22H25N3O2. The van der Waals surface area contributed by atoms with Crippen LogP contribution in [0.3, 0.4) is 0 Å².